The summed E-state index contributed by atoms with van der Waals surface area (Å²) in [6.45, 7) is 1.38. The van der Waals surface area contributed by atoms with E-state index in [2.05, 4.69) is 0 Å². The Balaban J connectivity index is 1.93. The lowest BCUT2D eigenvalue weighted by molar-refractivity contribution is -0.117. The van der Waals surface area contributed by atoms with E-state index in [4.69, 9.17) is 0 Å². The number of sulfonamides is 1. The molecule has 1 atom stereocenters. The van der Waals surface area contributed by atoms with Gasteiger partial charge in [0.1, 0.15) is 6.54 Å². The summed E-state index contributed by atoms with van der Waals surface area (Å²) in [6, 6.07) is 10.0. The molecule has 138 valence electrons. The van der Waals surface area contributed by atoms with E-state index in [0.29, 0.717) is 6.42 Å². The third kappa shape index (κ3) is 3.41. The van der Waals surface area contributed by atoms with Gasteiger partial charge in [-0.15, -0.1) is 0 Å². The molecule has 0 saturated heterocycles. The number of nitrogens with zero attached hydrogens (tertiary/aromatic N) is 2. The highest BCUT2D eigenvalue weighted by atomic mass is 32.2. The van der Waals surface area contributed by atoms with Crippen molar-refractivity contribution in [3.05, 3.63) is 59.7 Å². The molecule has 0 spiro atoms. The normalized spacial score (nSPS) is 16.5. The van der Waals surface area contributed by atoms with Gasteiger partial charge in [-0.3, -0.25) is 9.10 Å². The molecule has 2 aromatic carbocycles. The molecule has 0 N–H and O–H groups in total. The standard InChI is InChI=1S/C18H18F2N2O3S/c1-12-9-13-5-3-4-6-17(13)22(12)18(23)11-21(26(2,24)25)14-7-8-15(19)16(20)10-14/h3-8,10,12H,9,11H2,1-2H3. The van der Waals surface area contributed by atoms with E-state index in [1.165, 1.54) is 0 Å². The first-order chi connectivity index (χ1) is 12.2. The summed E-state index contributed by atoms with van der Waals surface area (Å²) in [4.78, 5) is 14.4. The lowest BCUT2D eigenvalue weighted by Crippen LogP contribution is -2.45. The van der Waals surface area contributed by atoms with Crippen LogP contribution in [-0.2, 0) is 21.2 Å². The van der Waals surface area contributed by atoms with Crippen LogP contribution in [0.2, 0.25) is 0 Å². The maximum Gasteiger partial charge on any atom is 0.248 e. The fourth-order valence-corrected chi connectivity index (χ4v) is 4.03. The highest BCUT2D eigenvalue weighted by molar-refractivity contribution is 7.92. The van der Waals surface area contributed by atoms with Crippen LogP contribution >= 0.6 is 0 Å². The number of para-hydroxylation sites is 1. The van der Waals surface area contributed by atoms with Crippen LogP contribution in [0.1, 0.15) is 12.5 Å². The van der Waals surface area contributed by atoms with E-state index in [0.717, 1.165) is 40.0 Å². The van der Waals surface area contributed by atoms with E-state index >= 15 is 0 Å². The number of rotatable bonds is 4. The number of hydrogen-bond acceptors (Lipinski definition) is 3. The molecule has 1 aliphatic heterocycles. The lowest BCUT2D eigenvalue weighted by Gasteiger charge is -2.28. The van der Waals surface area contributed by atoms with E-state index < -0.39 is 34.1 Å². The summed E-state index contributed by atoms with van der Waals surface area (Å²) in [5.41, 5.74) is 1.65. The maximum atomic E-state index is 13.5. The SMILES string of the molecule is CC1Cc2ccccc2N1C(=O)CN(c1ccc(F)c(F)c1)S(C)(=O)=O. The summed E-state index contributed by atoms with van der Waals surface area (Å²) in [5.74, 6) is -2.70. The van der Waals surface area contributed by atoms with Crippen molar-refractivity contribution >= 4 is 27.3 Å². The Kier molecular flexibility index (Phi) is 4.70. The first-order valence-electron chi connectivity index (χ1n) is 8.01. The van der Waals surface area contributed by atoms with Crippen molar-refractivity contribution in [3.8, 4) is 0 Å². The predicted molar refractivity (Wildman–Crippen MR) is 95.6 cm³/mol. The third-order valence-corrected chi connectivity index (χ3v) is 5.49. The fraction of sp³-hybridized carbons (Fsp3) is 0.278. The van der Waals surface area contributed by atoms with Crippen molar-refractivity contribution in [1.29, 1.82) is 0 Å². The largest absolute Gasteiger partial charge is 0.307 e. The smallest absolute Gasteiger partial charge is 0.248 e. The molecule has 8 heteroatoms. The van der Waals surface area contributed by atoms with Crippen molar-refractivity contribution < 1.29 is 22.0 Å². The molecule has 0 fully saturated rings. The Hall–Kier alpha value is -2.48. The van der Waals surface area contributed by atoms with Crippen LogP contribution in [0.3, 0.4) is 0 Å². The van der Waals surface area contributed by atoms with Crippen LogP contribution < -0.4 is 9.21 Å². The minimum absolute atomic E-state index is 0.0973. The summed E-state index contributed by atoms with van der Waals surface area (Å²) in [6.07, 6.45) is 1.59. The molecular weight excluding hydrogens is 362 g/mol. The summed E-state index contributed by atoms with van der Waals surface area (Å²) >= 11 is 0. The van der Waals surface area contributed by atoms with Gasteiger partial charge in [0, 0.05) is 17.8 Å². The number of halogens is 2. The Morgan fingerprint density at radius 1 is 1.19 bits per heavy atom. The predicted octanol–water partition coefficient (Wildman–Crippen LogP) is 2.71. The molecule has 0 bridgehead atoms. The molecule has 0 saturated carbocycles. The van der Waals surface area contributed by atoms with Gasteiger partial charge >= 0.3 is 0 Å². The van der Waals surface area contributed by atoms with Crippen LogP contribution in [0.4, 0.5) is 20.2 Å². The number of carbonyl (C=O) groups is 1. The number of anilines is 2. The number of fused-ring (bicyclic) bond motifs is 1. The Morgan fingerprint density at radius 2 is 1.88 bits per heavy atom. The number of carbonyl (C=O) groups excluding carboxylic acids is 1. The van der Waals surface area contributed by atoms with Gasteiger partial charge in [-0.2, -0.15) is 0 Å². The number of hydrogen-bond donors (Lipinski definition) is 0. The van der Waals surface area contributed by atoms with Crippen molar-refractivity contribution in [3.63, 3.8) is 0 Å². The zero-order chi connectivity index (χ0) is 19.1. The molecule has 1 heterocycles. The maximum absolute atomic E-state index is 13.5. The first kappa shape index (κ1) is 18.3. The van der Waals surface area contributed by atoms with Crippen LogP contribution in [-0.4, -0.2) is 33.2 Å². The topological polar surface area (TPSA) is 57.7 Å². The Bertz CT molecular complexity index is 963. The second-order valence-electron chi connectivity index (χ2n) is 6.31. The molecule has 1 unspecified atom stereocenters. The van der Waals surface area contributed by atoms with E-state index in [-0.39, 0.29) is 11.7 Å². The van der Waals surface area contributed by atoms with E-state index in [1.54, 1.807) is 17.0 Å². The van der Waals surface area contributed by atoms with Crippen LogP contribution in [0, 0.1) is 11.6 Å². The molecule has 2 aromatic rings. The fourth-order valence-electron chi connectivity index (χ4n) is 3.18. The second kappa shape index (κ2) is 6.68. The van der Waals surface area contributed by atoms with E-state index in [1.807, 2.05) is 19.1 Å². The van der Waals surface area contributed by atoms with Gasteiger partial charge in [-0.05, 0) is 37.1 Å². The van der Waals surface area contributed by atoms with Crippen molar-refractivity contribution in [2.75, 3.05) is 22.0 Å². The van der Waals surface area contributed by atoms with E-state index in [9.17, 15) is 22.0 Å². The summed E-state index contributed by atoms with van der Waals surface area (Å²) in [5, 5.41) is 0. The molecule has 3 rings (SSSR count). The van der Waals surface area contributed by atoms with Gasteiger partial charge in [0.2, 0.25) is 15.9 Å². The summed E-state index contributed by atoms with van der Waals surface area (Å²) in [7, 11) is -3.87. The van der Waals surface area contributed by atoms with Gasteiger partial charge in [-0.1, -0.05) is 18.2 Å². The van der Waals surface area contributed by atoms with Gasteiger partial charge in [0.05, 0.1) is 11.9 Å². The minimum atomic E-state index is -3.87. The number of amides is 1. The average molecular weight is 380 g/mol. The average Bonchev–Trinajstić information content (AvgIpc) is 2.90. The molecule has 0 aliphatic carbocycles. The number of benzene rings is 2. The monoisotopic (exact) mass is 380 g/mol. The zero-order valence-corrected chi connectivity index (χ0v) is 15.1. The minimum Gasteiger partial charge on any atom is -0.307 e. The second-order valence-corrected chi connectivity index (χ2v) is 8.22. The van der Waals surface area contributed by atoms with Crippen molar-refractivity contribution in [2.24, 2.45) is 0 Å². The van der Waals surface area contributed by atoms with Gasteiger partial charge < -0.3 is 4.90 Å². The van der Waals surface area contributed by atoms with Crippen LogP contribution in [0.5, 0.6) is 0 Å². The van der Waals surface area contributed by atoms with Gasteiger partial charge in [0.15, 0.2) is 11.6 Å². The third-order valence-electron chi connectivity index (χ3n) is 4.35. The zero-order valence-electron chi connectivity index (χ0n) is 14.3. The molecular formula is C18H18F2N2O3S. The van der Waals surface area contributed by atoms with Gasteiger partial charge in [-0.25, -0.2) is 17.2 Å². The molecule has 1 aliphatic rings. The Morgan fingerprint density at radius 3 is 2.54 bits per heavy atom. The molecule has 0 radical (unpaired) electrons. The molecule has 0 aromatic heterocycles. The lowest BCUT2D eigenvalue weighted by atomic mass is 10.1. The van der Waals surface area contributed by atoms with Crippen molar-refractivity contribution in [2.45, 2.75) is 19.4 Å². The highest BCUT2D eigenvalue weighted by Crippen LogP contribution is 2.32. The van der Waals surface area contributed by atoms with Crippen LogP contribution in [0.15, 0.2) is 42.5 Å². The molecule has 5 nitrogen and oxygen atoms in total. The molecule has 1 amide bonds. The Labute approximate surface area is 150 Å². The highest BCUT2D eigenvalue weighted by Gasteiger charge is 2.33. The van der Waals surface area contributed by atoms with Crippen molar-refractivity contribution in [1.82, 2.24) is 0 Å². The van der Waals surface area contributed by atoms with Gasteiger partial charge in [0.25, 0.3) is 0 Å². The molecule has 26 heavy (non-hydrogen) atoms. The first-order valence-corrected chi connectivity index (χ1v) is 9.86. The quantitative estimate of drug-likeness (QED) is 0.820. The summed E-state index contributed by atoms with van der Waals surface area (Å²) < 4.78 is 51.8. The van der Waals surface area contributed by atoms with Crippen LogP contribution in [0.25, 0.3) is 0 Å².